The zero-order valence-electron chi connectivity index (χ0n) is 18.3. The molecule has 1 heterocycles. The van der Waals surface area contributed by atoms with Crippen LogP contribution in [0.2, 0.25) is 0 Å². The van der Waals surface area contributed by atoms with Crippen LogP contribution in [0.15, 0.2) is 53.1 Å². The van der Waals surface area contributed by atoms with Gasteiger partial charge in [-0.1, -0.05) is 58.0 Å². The SMILES string of the molecule is CCN(CC)C(CNC(=O)[C@@H](NC(=O)OCc1ccccc1)C(C)C)c1ccco1. The normalized spacial score (nSPS) is 13.1. The fourth-order valence-corrected chi connectivity index (χ4v) is 3.29. The van der Waals surface area contributed by atoms with Crippen molar-refractivity contribution in [3.8, 4) is 0 Å². The number of carbonyl (C=O) groups excluding carboxylic acids is 2. The van der Waals surface area contributed by atoms with Crippen molar-refractivity contribution in [2.75, 3.05) is 19.6 Å². The Kier molecular flexibility index (Phi) is 9.41. The quantitative estimate of drug-likeness (QED) is 0.584. The van der Waals surface area contributed by atoms with Crippen LogP contribution in [0, 0.1) is 5.92 Å². The van der Waals surface area contributed by atoms with Gasteiger partial charge in [-0.25, -0.2) is 4.79 Å². The number of benzene rings is 1. The summed E-state index contributed by atoms with van der Waals surface area (Å²) in [6, 6.07) is 12.4. The highest BCUT2D eigenvalue weighted by Gasteiger charge is 2.27. The molecule has 0 aliphatic rings. The molecule has 1 unspecified atom stereocenters. The van der Waals surface area contributed by atoms with E-state index < -0.39 is 12.1 Å². The average Bonchev–Trinajstić information content (AvgIpc) is 3.28. The molecule has 2 atom stereocenters. The van der Waals surface area contributed by atoms with Crippen molar-refractivity contribution in [2.24, 2.45) is 5.92 Å². The van der Waals surface area contributed by atoms with Crippen molar-refractivity contribution in [1.82, 2.24) is 15.5 Å². The number of rotatable bonds is 11. The molecule has 2 aromatic rings. The zero-order valence-corrected chi connectivity index (χ0v) is 18.3. The van der Waals surface area contributed by atoms with E-state index in [1.54, 1.807) is 6.26 Å². The minimum absolute atomic E-state index is 0.0724. The Hall–Kier alpha value is -2.80. The van der Waals surface area contributed by atoms with E-state index in [4.69, 9.17) is 9.15 Å². The predicted octanol–water partition coefficient (Wildman–Crippen LogP) is 3.73. The molecule has 0 saturated heterocycles. The Morgan fingerprint density at radius 2 is 1.77 bits per heavy atom. The van der Waals surface area contributed by atoms with Gasteiger partial charge in [-0.15, -0.1) is 0 Å². The standard InChI is InChI=1S/C23H33N3O4/c1-5-26(6-2)19(20-13-10-14-29-20)15-24-22(27)21(17(3)4)25-23(28)30-16-18-11-8-7-9-12-18/h7-14,17,19,21H,5-6,15-16H2,1-4H3,(H,24,27)(H,25,28)/t19?,21-/m0/s1. The van der Waals surface area contributed by atoms with Gasteiger partial charge < -0.3 is 19.8 Å². The Bertz CT molecular complexity index is 758. The highest BCUT2D eigenvalue weighted by Crippen LogP contribution is 2.20. The molecule has 1 aromatic carbocycles. The molecule has 0 aliphatic heterocycles. The number of carbonyl (C=O) groups is 2. The summed E-state index contributed by atoms with van der Waals surface area (Å²) in [7, 11) is 0. The smallest absolute Gasteiger partial charge is 0.408 e. The van der Waals surface area contributed by atoms with Gasteiger partial charge in [0, 0.05) is 6.54 Å². The first-order valence-electron chi connectivity index (χ1n) is 10.5. The first-order valence-corrected chi connectivity index (χ1v) is 10.5. The molecule has 2 amide bonds. The Balaban J connectivity index is 1.94. The first-order chi connectivity index (χ1) is 14.5. The highest BCUT2D eigenvalue weighted by atomic mass is 16.5. The highest BCUT2D eigenvalue weighted by molar-refractivity contribution is 5.85. The molecular formula is C23H33N3O4. The van der Waals surface area contributed by atoms with Gasteiger partial charge in [-0.05, 0) is 36.7 Å². The van der Waals surface area contributed by atoms with Gasteiger partial charge in [0.15, 0.2) is 0 Å². The molecule has 7 nitrogen and oxygen atoms in total. The number of nitrogens with zero attached hydrogens (tertiary/aromatic N) is 1. The van der Waals surface area contributed by atoms with E-state index >= 15 is 0 Å². The second kappa shape index (κ2) is 12.0. The second-order valence-electron chi connectivity index (χ2n) is 7.43. The number of alkyl carbamates (subject to hydrolysis) is 1. The third-order valence-corrected chi connectivity index (χ3v) is 5.03. The van der Waals surface area contributed by atoms with Crippen LogP contribution in [-0.2, 0) is 16.1 Å². The summed E-state index contributed by atoms with van der Waals surface area (Å²) in [4.78, 5) is 27.3. The molecule has 1 aromatic heterocycles. The molecule has 164 valence electrons. The Morgan fingerprint density at radius 3 is 2.33 bits per heavy atom. The molecule has 0 bridgehead atoms. The fraction of sp³-hybridized carbons (Fsp3) is 0.478. The molecule has 0 spiro atoms. The van der Waals surface area contributed by atoms with E-state index in [9.17, 15) is 9.59 Å². The maximum Gasteiger partial charge on any atom is 0.408 e. The predicted molar refractivity (Wildman–Crippen MR) is 116 cm³/mol. The molecule has 0 saturated carbocycles. The van der Waals surface area contributed by atoms with E-state index in [2.05, 4.69) is 29.4 Å². The summed E-state index contributed by atoms with van der Waals surface area (Å²) < 4.78 is 10.8. The molecule has 0 radical (unpaired) electrons. The number of ether oxygens (including phenoxy) is 1. The maximum absolute atomic E-state index is 12.8. The first kappa shape index (κ1) is 23.5. The number of furan rings is 1. The van der Waals surface area contributed by atoms with Gasteiger partial charge >= 0.3 is 6.09 Å². The van der Waals surface area contributed by atoms with Gasteiger partial charge in [0.2, 0.25) is 5.91 Å². The lowest BCUT2D eigenvalue weighted by atomic mass is 10.0. The largest absolute Gasteiger partial charge is 0.468 e. The van der Waals surface area contributed by atoms with Crippen LogP contribution in [0.3, 0.4) is 0 Å². The van der Waals surface area contributed by atoms with Gasteiger partial charge in [-0.2, -0.15) is 0 Å². The van der Waals surface area contributed by atoms with Crippen LogP contribution in [0.1, 0.15) is 45.1 Å². The van der Waals surface area contributed by atoms with E-state index in [1.807, 2.05) is 56.3 Å². The van der Waals surface area contributed by atoms with Gasteiger partial charge in [0.1, 0.15) is 18.4 Å². The molecular weight excluding hydrogens is 382 g/mol. The van der Waals surface area contributed by atoms with Crippen LogP contribution in [0.5, 0.6) is 0 Å². The third kappa shape index (κ3) is 6.91. The van der Waals surface area contributed by atoms with Crippen LogP contribution in [0.4, 0.5) is 4.79 Å². The molecule has 7 heteroatoms. The van der Waals surface area contributed by atoms with E-state index in [0.717, 1.165) is 24.4 Å². The zero-order chi connectivity index (χ0) is 21.9. The number of amides is 2. The summed E-state index contributed by atoms with van der Waals surface area (Å²) in [5, 5.41) is 5.66. The average molecular weight is 416 g/mol. The van der Waals surface area contributed by atoms with E-state index in [1.165, 1.54) is 0 Å². The minimum atomic E-state index is -0.692. The van der Waals surface area contributed by atoms with Crippen molar-refractivity contribution in [1.29, 1.82) is 0 Å². The monoisotopic (exact) mass is 415 g/mol. The summed E-state index contributed by atoms with van der Waals surface area (Å²) in [5.74, 6) is 0.463. The minimum Gasteiger partial charge on any atom is -0.468 e. The van der Waals surface area contributed by atoms with Crippen molar-refractivity contribution in [3.63, 3.8) is 0 Å². The van der Waals surface area contributed by atoms with Crippen LogP contribution >= 0.6 is 0 Å². The Labute approximate surface area is 178 Å². The Morgan fingerprint density at radius 1 is 1.07 bits per heavy atom. The number of likely N-dealkylation sites (N-methyl/N-ethyl adjacent to an activating group) is 1. The van der Waals surface area contributed by atoms with Gasteiger partial charge in [-0.3, -0.25) is 9.69 Å². The number of hydrogen-bond acceptors (Lipinski definition) is 5. The van der Waals surface area contributed by atoms with Crippen molar-refractivity contribution in [2.45, 2.75) is 46.4 Å². The second-order valence-corrected chi connectivity index (χ2v) is 7.43. The topological polar surface area (TPSA) is 83.8 Å². The molecule has 2 N–H and O–H groups in total. The summed E-state index contributed by atoms with van der Waals surface area (Å²) in [5.41, 5.74) is 0.888. The van der Waals surface area contributed by atoms with Gasteiger partial charge in [0.05, 0.1) is 12.3 Å². The fourth-order valence-electron chi connectivity index (χ4n) is 3.29. The third-order valence-electron chi connectivity index (χ3n) is 5.03. The number of nitrogens with one attached hydrogen (secondary N) is 2. The lowest BCUT2D eigenvalue weighted by Crippen LogP contribution is -2.51. The molecule has 30 heavy (non-hydrogen) atoms. The van der Waals surface area contributed by atoms with Crippen LogP contribution in [-0.4, -0.2) is 42.6 Å². The van der Waals surface area contributed by atoms with Crippen LogP contribution in [0.25, 0.3) is 0 Å². The summed E-state index contributed by atoms with van der Waals surface area (Å²) >= 11 is 0. The lowest BCUT2D eigenvalue weighted by molar-refractivity contribution is -0.124. The summed E-state index contributed by atoms with van der Waals surface area (Å²) in [6.45, 7) is 10.1. The number of hydrogen-bond donors (Lipinski definition) is 2. The van der Waals surface area contributed by atoms with Crippen molar-refractivity contribution >= 4 is 12.0 Å². The van der Waals surface area contributed by atoms with E-state index in [0.29, 0.717) is 6.54 Å². The molecule has 0 aliphatic carbocycles. The van der Waals surface area contributed by atoms with E-state index in [-0.39, 0.29) is 24.5 Å². The lowest BCUT2D eigenvalue weighted by Gasteiger charge is -2.29. The molecule has 2 rings (SSSR count). The van der Waals surface area contributed by atoms with Crippen molar-refractivity contribution < 1.29 is 18.7 Å². The maximum atomic E-state index is 12.8. The van der Waals surface area contributed by atoms with Crippen molar-refractivity contribution in [3.05, 3.63) is 60.1 Å². The summed E-state index contributed by atoms with van der Waals surface area (Å²) in [6.07, 6.45) is 1.02. The van der Waals surface area contributed by atoms with Gasteiger partial charge in [0.25, 0.3) is 0 Å². The van der Waals surface area contributed by atoms with Crippen LogP contribution < -0.4 is 10.6 Å². The molecule has 0 fully saturated rings.